The lowest BCUT2D eigenvalue weighted by molar-refractivity contribution is -0.119. The van der Waals surface area contributed by atoms with E-state index in [9.17, 15) is 14.4 Å². The second-order valence-electron chi connectivity index (χ2n) is 9.78. The van der Waals surface area contributed by atoms with Gasteiger partial charge in [0, 0.05) is 62.6 Å². The van der Waals surface area contributed by atoms with Crippen LogP contribution in [0.1, 0.15) is 62.7 Å². The number of nitrogens with one attached hydrogen (secondary N) is 2. The van der Waals surface area contributed by atoms with E-state index in [1.54, 1.807) is 0 Å². The first-order valence-corrected chi connectivity index (χ1v) is 12.5. The Morgan fingerprint density at radius 2 is 1.55 bits per heavy atom. The standard InChI is InChI=1S/C25H37N5O3/c1-18(2)26-25(33)30-15-13-28(14-16-30)22-10-9-20(27-23(31)19-7-3-4-8-19)17-21(22)24(32)29-11-5-6-12-29/h9-10,17-19H,3-8,11-16H2,1-2H3,(H,26,33)(H,27,31). The molecule has 2 saturated heterocycles. The number of rotatable bonds is 5. The molecule has 1 aromatic rings. The lowest BCUT2D eigenvalue weighted by Crippen LogP contribution is -2.53. The highest BCUT2D eigenvalue weighted by molar-refractivity contribution is 6.02. The summed E-state index contributed by atoms with van der Waals surface area (Å²) in [5.41, 5.74) is 2.21. The van der Waals surface area contributed by atoms with Crippen LogP contribution >= 0.6 is 0 Å². The predicted molar refractivity (Wildman–Crippen MR) is 130 cm³/mol. The van der Waals surface area contributed by atoms with Gasteiger partial charge in [-0.2, -0.15) is 0 Å². The Labute approximate surface area is 196 Å². The number of benzene rings is 1. The van der Waals surface area contributed by atoms with Crippen LogP contribution in [0.3, 0.4) is 0 Å². The van der Waals surface area contributed by atoms with Gasteiger partial charge in [0.1, 0.15) is 0 Å². The molecule has 2 aliphatic heterocycles. The van der Waals surface area contributed by atoms with Gasteiger partial charge in [-0.3, -0.25) is 9.59 Å². The third-order valence-electron chi connectivity index (χ3n) is 6.93. The van der Waals surface area contributed by atoms with Gasteiger partial charge >= 0.3 is 6.03 Å². The van der Waals surface area contributed by atoms with Crippen molar-refractivity contribution in [2.24, 2.45) is 5.92 Å². The summed E-state index contributed by atoms with van der Waals surface area (Å²) < 4.78 is 0. The number of piperazine rings is 1. The minimum Gasteiger partial charge on any atom is -0.367 e. The molecule has 0 aromatic heterocycles. The first-order valence-electron chi connectivity index (χ1n) is 12.5. The van der Waals surface area contributed by atoms with Gasteiger partial charge in [-0.25, -0.2) is 4.79 Å². The van der Waals surface area contributed by atoms with Crippen molar-refractivity contribution in [2.75, 3.05) is 49.5 Å². The summed E-state index contributed by atoms with van der Waals surface area (Å²) in [5.74, 6) is 0.163. The van der Waals surface area contributed by atoms with Crippen LogP contribution in [0.25, 0.3) is 0 Å². The van der Waals surface area contributed by atoms with Crippen molar-refractivity contribution in [1.29, 1.82) is 0 Å². The molecule has 1 saturated carbocycles. The van der Waals surface area contributed by atoms with Crippen molar-refractivity contribution in [3.05, 3.63) is 23.8 Å². The lowest BCUT2D eigenvalue weighted by atomic mass is 10.1. The molecule has 0 bridgehead atoms. The maximum Gasteiger partial charge on any atom is 0.317 e. The zero-order valence-corrected chi connectivity index (χ0v) is 19.9. The summed E-state index contributed by atoms with van der Waals surface area (Å²) in [6, 6.07) is 5.77. The van der Waals surface area contributed by atoms with Crippen molar-refractivity contribution in [1.82, 2.24) is 15.1 Å². The number of carbonyl (C=O) groups is 3. The second kappa shape index (κ2) is 10.4. The Balaban J connectivity index is 1.51. The van der Waals surface area contributed by atoms with Crippen LogP contribution in [0.5, 0.6) is 0 Å². The first-order chi connectivity index (χ1) is 15.9. The van der Waals surface area contributed by atoms with Gasteiger partial charge in [0.25, 0.3) is 5.91 Å². The van der Waals surface area contributed by atoms with Crippen molar-refractivity contribution in [2.45, 2.75) is 58.4 Å². The monoisotopic (exact) mass is 455 g/mol. The molecule has 180 valence electrons. The molecule has 2 N–H and O–H groups in total. The number of nitrogens with zero attached hydrogens (tertiary/aromatic N) is 3. The van der Waals surface area contributed by atoms with E-state index in [2.05, 4.69) is 15.5 Å². The van der Waals surface area contributed by atoms with Crippen LogP contribution in [0.15, 0.2) is 18.2 Å². The van der Waals surface area contributed by atoms with E-state index in [0.717, 1.165) is 57.3 Å². The number of amides is 4. The number of likely N-dealkylation sites (tertiary alicyclic amines) is 1. The van der Waals surface area contributed by atoms with Crippen LogP contribution in [0.4, 0.5) is 16.2 Å². The topological polar surface area (TPSA) is 85.0 Å². The average Bonchev–Trinajstić information content (AvgIpc) is 3.53. The van der Waals surface area contributed by atoms with Gasteiger partial charge in [0.2, 0.25) is 5.91 Å². The number of anilines is 2. The van der Waals surface area contributed by atoms with Crippen molar-refractivity contribution in [3.63, 3.8) is 0 Å². The minimum atomic E-state index is -0.0389. The van der Waals surface area contributed by atoms with Gasteiger partial charge < -0.3 is 25.3 Å². The maximum absolute atomic E-state index is 13.4. The highest BCUT2D eigenvalue weighted by Crippen LogP contribution is 2.30. The fourth-order valence-electron chi connectivity index (χ4n) is 5.07. The first kappa shape index (κ1) is 23.4. The molecule has 0 unspecified atom stereocenters. The Kier molecular flexibility index (Phi) is 7.40. The lowest BCUT2D eigenvalue weighted by Gasteiger charge is -2.37. The van der Waals surface area contributed by atoms with E-state index in [1.165, 1.54) is 0 Å². The zero-order valence-electron chi connectivity index (χ0n) is 19.9. The molecule has 3 fully saturated rings. The Morgan fingerprint density at radius 3 is 2.18 bits per heavy atom. The average molecular weight is 456 g/mol. The molecule has 0 atom stereocenters. The van der Waals surface area contributed by atoms with Gasteiger partial charge in [-0.05, 0) is 57.7 Å². The highest BCUT2D eigenvalue weighted by atomic mass is 16.2. The van der Waals surface area contributed by atoms with Gasteiger partial charge in [0.05, 0.1) is 5.56 Å². The molecule has 1 aromatic carbocycles. The summed E-state index contributed by atoms with van der Waals surface area (Å²) >= 11 is 0. The van der Waals surface area contributed by atoms with E-state index < -0.39 is 0 Å². The summed E-state index contributed by atoms with van der Waals surface area (Å²) in [7, 11) is 0. The number of urea groups is 1. The molecular weight excluding hydrogens is 418 g/mol. The van der Waals surface area contributed by atoms with Gasteiger partial charge in [0.15, 0.2) is 0 Å². The fraction of sp³-hybridized carbons (Fsp3) is 0.640. The number of hydrogen-bond donors (Lipinski definition) is 2. The number of hydrogen-bond acceptors (Lipinski definition) is 4. The molecule has 0 spiro atoms. The molecule has 4 amide bonds. The van der Waals surface area contributed by atoms with E-state index >= 15 is 0 Å². The summed E-state index contributed by atoms with van der Waals surface area (Å²) in [6.07, 6.45) is 6.16. The SMILES string of the molecule is CC(C)NC(=O)N1CCN(c2ccc(NC(=O)C3CCCC3)cc2C(=O)N2CCCC2)CC1. The molecule has 0 radical (unpaired) electrons. The Hall–Kier alpha value is -2.77. The molecule has 8 heteroatoms. The van der Waals surface area contributed by atoms with E-state index in [-0.39, 0.29) is 29.8 Å². The molecule has 4 rings (SSSR count). The van der Waals surface area contributed by atoms with Crippen LogP contribution in [0, 0.1) is 5.92 Å². The van der Waals surface area contributed by atoms with Gasteiger partial charge in [-0.15, -0.1) is 0 Å². The minimum absolute atomic E-state index is 0.0273. The van der Waals surface area contributed by atoms with Crippen LogP contribution in [-0.2, 0) is 4.79 Å². The Bertz CT molecular complexity index is 867. The summed E-state index contributed by atoms with van der Waals surface area (Å²) in [5, 5.41) is 6.00. The predicted octanol–water partition coefficient (Wildman–Crippen LogP) is 3.29. The third-order valence-corrected chi connectivity index (χ3v) is 6.93. The summed E-state index contributed by atoms with van der Waals surface area (Å²) in [6.45, 7) is 8.01. The van der Waals surface area contributed by atoms with Crippen molar-refractivity contribution < 1.29 is 14.4 Å². The van der Waals surface area contributed by atoms with Crippen LogP contribution in [-0.4, -0.2) is 73.0 Å². The fourth-order valence-corrected chi connectivity index (χ4v) is 5.07. The second-order valence-corrected chi connectivity index (χ2v) is 9.78. The largest absolute Gasteiger partial charge is 0.367 e. The molecule has 8 nitrogen and oxygen atoms in total. The molecule has 33 heavy (non-hydrogen) atoms. The zero-order chi connectivity index (χ0) is 23.4. The van der Waals surface area contributed by atoms with E-state index in [4.69, 9.17) is 0 Å². The maximum atomic E-state index is 13.4. The van der Waals surface area contributed by atoms with Crippen LogP contribution < -0.4 is 15.5 Å². The van der Waals surface area contributed by atoms with Gasteiger partial charge in [-0.1, -0.05) is 12.8 Å². The molecule has 1 aliphatic carbocycles. The third kappa shape index (κ3) is 5.60. The molecule has 3 aliphatic rings. The normalized spacial score (nSPS) is 19.3. The quantitative estimate of drug-likeness (QED) is 0.714. The Morgan fingerprint density at radius 1 is 0.879 bits per heavy atom. The van der Waals surface area contributed by atoms with Crippen molar-refractivity contribution in [3.8, 4) is 0 Å². The van der Waals surface area contributed by atoms with Crippen LogP contribution in [0.2, 0.25) is 0 Å². The number of carbonyl (C=O) groups excluding carboxylic acids is 3. The summed E-state index contributed by atoms with van der Waals surface area (Å²) in [4.78, 5) is 44.3. The molecular formula is C25H37N5O3. The van der Waals surface area contributed by atoms with Crippen molar-refractivity contribution >= 4 is 29.2 Å². The highest BCUT2D eigenvalue weighted by Gasteiger charge is 2.28. The molecule has 2 heterocycles. The van der Waals surface area contributed by atoms with E-state index in [0.29, 0.717) is 37.4 Å². The smallest absolute Gasteiger partial charge is 0.317 e. The van der Waals surface area contributed by atoms with E-state index in [1.807, 2.05) is 41.8 Å².